The largest absolute Gasteiger partial charge is 0.353 e. The van der Waals surface area contributed by atoms with Crippen LogP contribution in [0.3, 0.4) is 0 Å². The third kappa shape index (κ3) is 4.14. The van der Waals surface area contributed by atoms with Gasteiger partial charge in [0.15, 0.2) is 0 Å². The number of hydrogen-bond donors (Lipinski definition) is 1. The summed E-state index contributed by atoms with van der Waals surface area (Å²) < 4.78 is 0. The van der Waals surface area contributed by atoms with E-state index >= 15 is 0 Å². The smallest absolute Gasteiger partial charge is 0.225 e. The fraction of sp³-hybridized carbons (Fsp3) is 0.714. The lowest BCUT2D eigenvalue weighted by Crippen LogP contribution is -2.34. The first kappa shape index (κ1) is 18.4. The predicted octanol–water partition coefficient (Wildman–Crippen LogP) is 2.42. The van der Waals surface area contributed by atoms with E-state index in [1.165, 1.54) is 12.8 Å². The minimum atomic E-state index is 0.0755. The first-order chi connectivity index (χ1) is 13.0. The number of carbonyl (C=O) groups is 2. The van der Waals surface area contributed by atoms with Crippen molar-refractivity contribution in [2.45, 2.75) is 77.2 Å². The average Bonchev–Trinajstić information content (AvgIpc) is 3.14. The number of carbonyl (C=O) groups excluding carboxylic acids is 2. The topological polar surface area (TPSA) is 75.2 Å². The third-order valence-electron chi connectivity index (χ3n) is 6.29. The van der Waals surface area contributed by atoms with E-state index in [1.807, 2.05) is 18.7 Å². The number of rotatable bonds is 5. The van der Waals surface area contributed by atoms with Crippen molar-refractivity contribution in [3.63, 3.8) is 0 Å². The van der Waals surface area contributed by atoms with E-state index < -0.39 is 0 Å². The van der Waals surface area contributed by atoms with Gasteiger partial charge >= 0.3 is 0 Å². The van der Waals surface area contributed by atoms with Crippen LogP contribution in [0.4, 0.5) is 0 Å². The van der Waals surface area contributed by atoms with Crippen LogP contribution < -0.4 is 5.32 Å². The van der Waals surface area contributed by atoms with Crippen molar-refractivity contribution in [1.29, 1.82) is 0 Å². The Morgan fingerprint density at radius 2 is 1.70 bits per heavy atom. The Morgan fingerprint density at radius 1 is 1.04 bits per heavy atom. The molecule has 0 unspecified atom stereocenters. The lowest BCUT2D eigenvalue weighted by molar-refractivity contribution is -0.131. The van der Waals surface area contributed by atoms with Crippen molar-refractivity contribution in [3.8, 4) is 0 Å². The Morgan fingerprint density at radius 3 is 2.33 bits per heavy atom. The molecule has 0 bridgehead atoms. The summed E-state index contributed by atoms with van der Waals surface area (Å²) >= 11 is 0. The Labute approximate surface area is 161 Å². The molecular formula is C21H30N4O2. The van der Waals surface area contributed by atoms with E-state index in [9.17, 15) is 9.59 Å². The highest BCUT2D eigenvalue weighted by atomic mass is 16.2. The molecule has 1 N–H and O–H groups in total. The molecule has 0 spiro atoms. The Kier molecular flexibility index (Phi) is 5.15. The molecule has 0 radical (unpaired) electrons. The quantitative estimate of drug-likeness (QED) is 0.864. The summed E-state index contributed by atoms with van der Waals surface area (Å²) in [6.45, 7) is 5.49. The minimum Gasteiger partial charge on any atom is -0.353 e. The van der Waals surface area contributed by atoms with Crippen molar-refractivity contribution >= 4 is 11.8 Å². The lowest BCUT2D eigenvalue weighted by atomic mass is 10.0. The first-order valence-corrected chi connectivity index (χ1v) is 10.4. The van der Waals surface area contributed by atoms with Crippen molar-refractivity contribution in [2.75, 3.05) is 13.1 Å². The zero-order valence-corrected chi connectivity index (χ0v) is 16.5. The molecule has 4 rings (SSSR count). The summed E-state index contributed by atoms with van der Waals surface area (Å²) in [4.78, 5) is 36.1. The standard InChI is InChI=1S/C21H30N4O2/c1-13-18(11-19(26)24-17-5-3-4-6-17)14(2)23-20(22-13)16-9-10-25(12-16)21(27)15-7-8-15/h15-17H,3-12H2,1-2H3,(H,24,26)/t16-/m0/s1. The monoisotopic (exact) mass is 370 g/mol. The number of hydrogen-bond acceptors (Lipinski definition) is 4. The van der Waals surface area contributed by atoms with Crippen LogP contribution in [-0.2, 0) is 16.0 Å². The number of likely N-dealkylation sites (tertiary alicyclic amines) is 1. The molecule has 146 valence electrons. The van der Waals surface area contributed by atoms with Crippen LogP contribution in [0.5, 0.6) is 0 Å². The second kappa shape index (κ2) is 7.56. The van der Waals surface area contributed by atoms with Crippen LogP contribution in [-0.4, -0.2) is 45.8 Å². The molecule has 2 heterocycles. The van der Waals surface area contributed by atoms with Gasteiger partial charge < -0.3 is 10.2 Å². The van der Waals surface area contributed by atoms with E-state index in [4.69, 9.17) is 9.97 Å². The van der Waals surface area contributed by atoms with Crippen LogP contribution in [0.1, 0.15) is 73.6 Å². The maximum atomic E-state index is 12.4. The fourth-order valence-electron chi connectivity index (χ4n) is 4.47. The van der Waals surface area contributed by atoms with Crippen LogP contribution >= 0.6 is 0 Å². The molecule has 6 nitrogen and oxygen atoms in total. The Bertz CT molecular complexity index is 715. The first-order valence-electron chi connectivity index (χ1n) is 10.4. The second-order valence-corrected chi connectivity index (χ2v) is 8.50. The third-order valence-corrected chi connectivity index (χ3v) is 6.29. The molecule has 2 amide bonds. The molecular weight excluding hydrogens is 340 g/mol. The SMILES string of the molecule is Cc1nc([C@H]2CCN(C(=O)C3CC3)C2)nc(C)c1CC(=O)NC1CCCC1. The maximum Gasteiger partial charge on any atom is 0.225 e. The molecule has 1 saturated heterocycles. The van der Waals surface area contributed by atoms with Gasteiger partial charge in [0.05, 0.1) is 6.42 Å². The molecule has 1 aromatic heterocycles. The zero-order valence-electron chi connectivity index (χ0n) is 16.5. The molecule has 2 aliphatic carbocycles. The van der Waals surface area contributed by atoms with Gasteiger partial charge in [0.1, 0.15) is 5.82 Å². The maximum absolute atomic E-state index is 12.4. The molecule has 1 aliphatic heterocycles. The van der Waals surface area contributed by atoms with Gasteiger partial charge in [0.25, 0.3) is 0 Å². The summed E-state index contributed by atoms with van der Waals surface area (Å²) in [6, 6.07) is 0.340. The van der Waals surface area contributed by atoms with E-state index in [0.717, 1.165) is 68.0 Å². The highest BCUT2D eigenvalue weighted by Gasteiger charge is 2.37. The van der Waals surface area contributed by atoms with Gasteiger partial charge in [-0.15, -0.1) is 0 Å². The van der Waals surface area contributed by atoms with E-state index in [1.54, 1.807) is 0 Å². The molecule has 27 heavy (non-hydrogen) atoms. The molecule has 0 aromatic carbocycles. The van der Waals surface area contributed by atoms with Gasteiger partial charge in [-0.05, 0) is 46.0 Å². The number of nitrogens with zero attached hydrogens (tertiary/aromatic N) is 3. The summed E-state index contributed by atoms with van der Waals surface area (Å²) in [5, 5.41) is 3.15. The van der Waals surface area contributed by atoms with Crippen molar-refractivity contribution < 1.29 is 9.59 Å². The van der Waals surface area contributed by atoms with Crippen molar-refractivity contribution in [3.05, 3.63) is 22.8 Å². The number of amides is 2. The predicted molar refractivity (Wildman–Crippen MR) is 102 cm³/mol. The van der Waals surface area contributed by atoms with Gasteiger partial charge in [-0.2, -0.15) is 0 Å². The normalized spacial score (nSPS) is 23.0. The van der Waals surface area contributed by atoms with E-state index in [2.05, 4.69) is 5.32 Å². The highest BCUT2D eigenvalue weighted by molar-refractivity contribution is 5.81. The van der Waals surface area contributed by atoms with Gasteiger partial charge in [-0.3, -0.25) is 9.59 Å². The van der Waals surface area contributed by atoms with E-state index in [0.29, 0.717) is 18.4 Å². The lowest BCUT2D eigenvalue weighted by Gasteiger charge is -2.17. The van der Waals surface area contributed by atoms with Crippen molar-refractivity contribution in [2.24, 2.45) is 5.92 Å². The molecule has 2 saturated carbocycles. The summed E-state index contributed by atoms with van der Waals surface area (Å²) in [5.41, 5.74) is 2.73. The van der Waals surface area contributed by atoms with Crippen LogP contribution in [0.25, 0.3) is 0 Å². The highest BCUT2D eigenvalue weighted by Crippen LogP contribution is 2.34. The second-order valence-electron chi connectivity index (χ2n) is 8.50. The summed E-state index contributed by atoms with van der Waals surface area (Å²) in [5.74, 6) is 1.70. The average molecular weight is 370 g/mol. The molecule has 6 heteroatoms. The van der Waals surface area contributed by atoms with Crippen LogP contribution in [0, 0.1) is 19.8 Å². The molecule has 3 aliphatic rings. The Balaban J connectivity index is 1.40. The number of aryl methyl sites for hydroxylation is 2. The number of aromatic nitrogens is 2. The zero-order chi connectivity index (χ0) is 19.0. The Hall–Kier alpha value is -1.98. The van der Waals surface area contributed by atoms with Gasteiger partial charge in [-0.25, -0.2) is 9.97 Å². The van der Waals surface area contributed by atoms with Gasteiger partial charge in [0, 0.05) is 47.9 Å². The van der Waals surface area contributed by atoms with Crippen LogP contribution in [0.2, 0.25) is 0 Å². The number of nitrogens with one attached hydrogen (secondary N) is 1. The van der Waals surface area contributed by atoms with E-state index in [-0.39, 0.29) is 17.7 Å². The molecule has 1 aromatic rings. The fourth-order valence-corrected chi connectivity index (χ4v) is 4.47. The van der Waals surface area contributed by atoms with Gasteiger partial charge in [0.2, 0.25) is 11.8 Å². The van der Waals surface area contributed by atoms with Crippen molar-refractivity contribution in [1.82, 2.24) is 20.2 Å². The minimum absolute atomic E-state index is 0.0755. The molecule has 1 atom stereocenters. The molecule has 3 fully saturated rings. The summed E-state index contributed by atoms with van der Waals surface area (Å²) in [6.07, 6.45) is 7.99. The summed E-state index contributed by atoms with van der Waals surface area (Å²) in [7, 11) is 0. The van der Waals surface area contributed by atoms with Crippen LogP contribution in [0.15, 0.2) is 0 Å². The van der Waals surface area contributed by atoms with Gasteiger partial charge in [-0.1, -0.05) is 12.8 Å².